The summed E-state index contributed by atoms with van der Waals surface area (Å²) in [6.45, 7) is 2.49. The van der Waals surface area contributed by atoms with E-state index in [9.17, 15) is 15.4 Å². The van der Waals surface area contributed by atoms with Gasteiger partial charge in [-0.2, -0.15) is 5.26 Å². The number of benzene rings is 2. The summed E-state index contributed by atoms with van der Waals surface area (Å²) >= 11 is 0. The molecule has 0 amide bonds. The van der Waals surface area contributed by atoms with Gasteiger partial charge in [0.05, 0.1) is 11.0 Å². The van der Waals surface area contributed by atoms with E-state index < -0.39 is 10.5 Å². The second kappa shape index (κ2) is 7.32. The molecule has 0 saturated carbocycles. The Morgan fingerprint density at radius 1 is 1.16 bits per heavy atom. The Hall–Kier alpha value is -2.91. The van der Waals surface area contributed by atoms with Gasteiger partial charge in [-0.3, -0.25) is 15.0 Å². The molecule has 0 unspecified atom stereocenters. The first kappa shape index (κ1) is 16.9. The van der Waals surface area contributed by atoms with Crippen LogP contribution in [0.3, 0.4) is 0 Å². The van der Waals surface area contributed by atoms with Gasteiger partial charge in [0.25, 0.3) is 5.69 Å². The van der Waals surface area contributed by atoms with E-state index in [2.05, 4.69) is 28.4 Å². The first-order valence-electron chi connectivity index (χ1n) is 8.30. The van der Waals surface area contributed by atoms with Crippen molar-refractivity contribution in [3.8, 4) is 6.07 Å². The predicted octanol–water partition coefficient (Wildman–Crippen LogP) is 3.57. The van der Waals surface area contributed by atoms with E-state index in [1.54, 1.807) is 12.1 Å². The average Bonchev–Trinajstić information content (AvgIpc) is 2.64. The lowest BCUT2D eigenvalue weighted by molar-refractivity contribution is -0.384. The Morgan fingerprint density at radius 2 is 1.88 bits per heavy atom. The first-order valence-corrected chi connectivity index (χ1v) is 8.30. The van der Waals surface area contributed by atoms with E-state index in [4.69, 9.17) is 0 Å². The van der Waals surface area contributed by atoms with Crippen LogP contribution in [0.5, 0.6) is 0 Å². The zero-order chi connectivity index (χ0) is 17.7. The number of likely N-dealkylation sites (tertiary alicyclic amines) is 1. The van der Waals surface area contributed by atoms with Crippen LogP contribution in [-0.4, -0.2) is 28.5 Å². The number of nitrogens with one attached hydrogen (secondary N) is 1. The van der Waals surface area contributed by atoms with Crippen molar-refractivity contribution in [2.24, 2.45) is 0 Å². The number of nitriles is 1. The lowest BCUT2D eigenvalue weighted by atomic mass is 9.88. The van der Waals surface area contributed by atoms with Crippen molar-refractivity contribution in [3.63, 3.8) is 0 Å². The normalized spacial score (nSPS) is 16.8. The fraction of sp³-hybridized carbons (Fsp3) is 0.316. The van der Waals surface area contributed by atoms with Crippen LogP contribution in [0.2, 0.25) is 0 Å². The molecule has 2 aromatic carbocycles. The van der Waals surface area contributed by atoms with Crippen LogP contribution in [0.1, 0.15) is 18.4 Å². The number of rotatable bonds is 5. The zero-order valence-electron chi connectivity index (χ0n) is 13.9. The summed E-state index contributed by atoms with van der Waals surface area (Å²) < 4.78 is 0. The van der Waals surface area contributed by atoms with Gasteiger partial charge < -0.3 is 5.32 Å². The van der Waals surface area contributed by atoms with Crippen LogP contribution < -0.4 is 5.32 Å². The van der Waals surface area contributed by atoms with Gasteiger partial charge in [0.2, 0.25) is 0 Å². The third-order valence-corrected chi connectivity index (χ3v) is 4.61. The molecule has 0 radical (unpaired) electrons. The van der Waals surface area contributed by atoms with E-state index in [1.807, 2.05) is 18.2 Å². The van der Waals surface area contributed by atoms with Crippen molar-refractivity contribution >= 4 is 11.4 Å². The molecule has 25 heavy (non-hydrogen) atoms. The van der Waals surface area contributed by atoms with Crippen molar-refractivity contribution in [2.45, 2.75) is 24.9 Å². The van der Waals surface area contributed by atoms with Crippen LogP contribution in [0.25, 0.3) is 0 Å². The van der Waals surface area contributed by atoms with Gasteiger partial charge in [-0.1, -0.05) is 36.4 Å². The summed E-state index contributed by atoms with van der Waals surface area (Å²) in [5.41, 5.74) is 1.23. The topological polar surface area (TPSA) is 82.2 Å². The molecule has 0 aromatic heterocycles. The SMILES string of the molecule is N#CC1(Nc2cccc([N+](=O)[O-])c2)CCN(Cc2ccccc2)CC1. The van der Waals surface area contributed by atoms with Gasteiger partial charge in [0, 0.05) is 37.5 Å². The van der Waals surface area contributed by atoms with Crippen LogP contribution in [-0.2, 0) is 6.54 Å². The van der Waals surface area contributed by atoms with Crippen LogP contribution in [0.4, 0.5) is 11.4 Å². The maximum absolute atomic E-state index is 10.9. The van der Waals surface area contributed by atoms with Gasteiger partial charge in [-0.15, -0.1) is 0 Å². The highest BCUT2D eigenvalue weighted by atomic mass is 16.6. The number of nitro groups is 1. The number of nitro benzene ring substituents is 1. The smallest absolute Gasteiger partial charge is 0.271 e. The maximum atomic E-state index is 10.9. The highest BCUT2D eigenvalue weighted by Gasteiger charge is 2.34. The van der Waals surface area contributed by atoms with Crippen LogP contribution >= 0.6 is 0 Å². The Morgan fingerprint density at radius 3 is 2.52 bits per heavy atom. The number of anilines is 1. The monoisotopic (exact) mass is 336 g/mol. The molecule has 1 N–H and O–H groups in total. The molecule has 0 spiro atoms. The molecule has 128 valence electrons. The number of non-ortho nitro benzene ring substituents is 1. The lowest BCUT2D eigenvalue weighted by Gasteiger charge is -2.38. The quantitative estimate of drug-likeness (QED) is 0.667. The van der Waals surface area contributed by atoms with Gasteiger partial charge in [0.1, 0.15) is 5.54 Å². The highest BCUT2D eigenvalue weighted by Crippen LogP contribution is 2.28. The molecule has 6 nitrogen and oxygen atoms in total. The molecule has 0 aliphatic carbocycles. The number of nitrogens with zero attached hydrogens (tertiary/aromatic N) is 3. The van der Waals surface area contributed by atoms with E-state index in [0.717, 1.165) is 19.6 Å². The first-order chi connectivity index (χ1) is 12.1. The number of piperidine rings is 1. The molecular weight excluding hydrogens is 316 g/mol. The molecule has 1 aliphatic rings. The Balaban J connectivity index is 1.64. The summed E-state index contributed by atoms with van der Waals surface area (Å²) in [5.74, 6) is 0. The summed E-state index contributed by atoms with van der Waals surface area (Å²) in [6, 6.07) is 19.0. The fourth-order valence-corrected chi connectivity index (χ4v) is 3.17. The predicted molar refractivity (Wildman–Crippen MR) is 96.0 cm³/mol. The molecule has 2 aromatic rings. The van der Waals surface area contributed by atoms with Crippen molar-refractivity contribution in [1.82, 2.24) is 4.90 Å². The molecule has 0 bridgehead atoms. The number of hydrogen-bond acceptors (Lipinski definition) is 5. The fourth-order valence-electron chi connectivity index (χ4n) is 3.17. The van der Waals surface area contributed by atoms with E-state index in [0.29, 0.717) is 18.5 Å². The van der Waals surface area contributed by atoms with Crippen LogP contribution in [0, 0.1) is 21.4 Å². The van der Waals surface area contributed by atoms with E-state index >= 15 is 0 Å². The summed E-state index contributed by atoms with van der Waals surface area (Å²) in [6.07, 6.45) is 1.36. The molecule has 1 aliphatic heterocycles. The van der Waals surface area contributed by atoms with Crippen LogP contribution in [0.15, 0.2) is 54.6 Å². The molecule has 1 saturated heterocycles. The van der Waals surface area contributed by atoms with E-state index in [1.165, 1.54) is 17.7 Å². The minimum Gasteiger partial charge on any atom is -0.367 e. The van der Waals surface area contributed by atoms with Crippen molar-refractivity contribution in [3.05, 3.63) is 70.3 Å². The zero-order valence-corrected chi connectivity index (χ0v) is 13.9. The second-order valence-electron chi connectivity index (χ2n) is 6.39. The summed E-state index contributed by atoms with van der Waals surface area (Å²) in [4.78, 5) is 12.8. The Labute approximate surface area is 146 Å². The molecule has 0 atom stereocenters. The Bertz CT molecular complexity index is 778. The number of hydrogen-bond donors (Lipinski definition) is 1. The summed E-state index contributed by atoms with van der Waals surface area (Å²) in [5, 5.41) is 23.8. The maximum Gasteiger partial charge on any atom is 0.271 e. The lowest BCUT2D eigenvalue weighted by Crippen LogP contribution is -2.48. The largest absolute Gasteiger partial charge is 0.367 e. The van der Waals surface area contributed by atoms with Crippen molar-refractivity contribution in [1.29, 1.82) is 5.26 Å². The highest BCUT2D eigenvalue weighted by molar-refractivity contribution is 5.54. The minimum absolute atomic E-state index is 0.0274. The molecule has 6 heteroatoms. The second-order valence-corrected chi connectivity index (χ2v) is 6.39. The van der Waals surface area contributed by atoms with Gasteiger partial charge in [-0.05, 0) is 24.5 Å². The Kier molecular flexibility index (Phi) is 4.96. The van der Waals surface area contributed by atoms with Gasteiger partial charge >= 0.3 is 0 Å². The summed E-state index contributed by atoms with van der Waals surface area (Å²) in [7, 11) is 0. The molecular formula is C19H20N4O2. The average molecular weight is 336 g/mol. The minimum atomic E-state index is -0.678. The van der Waals surface area contributed by atoms with Gasteiger partial charge in [0.15, 0.2) is 0 Å². The third kappa shape index (κ3) is 4.14. The van der Waals surface area contributed by atoms with Crippen molar-refractivity contribution < 1.29 is 4.92 Å². The molecule has 3 rings (SSSR count). The molecule has 1 heterocycles. The van der Waals surface area contributed by atoms with Gasteiger partial charge in [-0.25, -0.2) is 0 Å². The standard InChI is InChI=1S/C19H20N4O2/c20-15-19(21-17-7-4-8-18(13-17)23(24)25)9-11-22(12-10-19)14-16-5-2-1-3-6-16/h1-8,13,21H,9-12,14H2. The van der Waals surface area contributed by atoms with Crippen molar-refractivity contribution in [2.75, 3.05) is 18.4 Å². The third-order valence-electron chi connectivity index (χ3n) is 4.61. The molecule has 1 fully saturated rings. The van der Waals surface area contributed by atoms with E-state index in [-0.39, 0.29) is 5.69 Å².